The van der Waals surface area contributed by atoms with Crippen LogP contribution in [0.15, 0.2) is 0 Å². The Morgan fingerprint density at radius 1 is 1.24 bits per heavy atom. The maximum Gasteiger partial charge on any atom is 0.106 e. The third-order valence-corrected chi connectivity index (χ3v) is 3.90. The largest absolute Gasteiger partial charge is 0.388 e. The fourth-order valence-corrected chi connectivity index (χ4v) is 3.10. The van der Waals surface area contributed by atoms with E-state index in [4.69, 9.17) is 9.78 Å². The van der Waals surface area contributed by atoms with Crippen molar-refractivity contribution < 1.29 is 4.79 Å². The smallest absolute Gasteiger partial charge is 0.106 e. The summed E-state index contributed by atoms with van der Waals surface area (Å²) >= 11 is 0. The van der Waals surface area contributed by atoms with Gasteiger partial charge in [0.25, 0.3) is 0 Å². The zero-order valence-electron chi connectivity index (χ0n) is 10.7. The van der Waals surface area contributed by atoms with Gasteiger partial charge in [-0.2, -0.15) is 0 Å². The van der Waals surface area contributed by atoms with Crippen molar-refractivity contribution in [3.63, 3.8) is 0 Å². The molecule has 0 saturated heterocycles. The second kappa shape index (κ2) is 4.86. The van der Waals surface area contributed by atoms with Crippen LogP contribution >= 0.6 is 0 Å². The molecule has 1 aromatic heterocycles. The first-order chi connectivity index (χ1) is 8.31. The van der Waals surface area contributed by atoms with Crippen LogP contribution in [0.25, 0.3) is 0 Å². The number of nitrogens with one attached hydrogen (secondary N) is 1. The van der Waals surface area contributed by atoms with Crippen LogP contribution in [0, 0.1) is 0 Å². The number of fused-ring (bicyclic) bond motifs is 2. The van der Waals surface area contributed by atoms with E-state index in [9.17, 15) is 0 Å². The van der Waals surface area contributed by atoms with Gasteiger partial charge in [-0.25, -0.2) is 0 Å². The number of pyridine rings is 1. The van der Waals surface area contributed by atoms with Crippen molar-refractivity contribution in [1.82, 2.24) is 4.98 Å². The summed E-state index contributed by atoms with van der Waals surface area (Å²) in [5.41, 5.74) is 7.17. The molecule has 92 valence electrons. The fourth-order valence-electron chi connectivity index (χ4n) is 3.10. The van der Waals surface area contributed by atoms with Gasteiger partial charge in [0.05, 0.1) is 0 Å². The second-order valence-electron chi connectivity index (χ2n) is 4.82. The van der Waals surface area contributed by atoms with Crippen LogP contribution in [0.5, 0.6) is 0 Å². The Kier molecular flexibility index (Phi) is 3.46. The summed E-state index contributed by atoms with van der Waals surface area (Å²) in [6, 6.07) is 0. The summed E-state index contributed by atoms with van der Waals surface area (Å²) in [6.07, 6.45) is 6.19. The molecule has 0 radical (unpaired) electrons. The van der Waals surface area contributed by atoms with Gasteiger partial charge in [-0.3, -0.25) is 4.98 Å². The molecule has 1 unspecified atom stereocenters. The summed E-state index contributed by atoms with van der Waals surface area (Å²) in [5.74, 6) is 0.665. The van der Waals surface area contributed by atoms with Crippen LogP contribution in [0.4, 0.5) is 5.69 Å². The van der Waals surface area contributed by atoms with Crippen molar-refractivity contribution >= 4 is 12.5 Å². The molecule has 1 heterocycles. The lowest BCUT2D eigenvalue weighted by atomic mass is 10.0. The van der Waals surface area contributed by atoms with E-state index in [0.717, 1.165) is 0 Å². The third kappa shape index (κ3) is 1.84. The first-order valence-corrected chi connectivity index (χ1v) is 6.32. The van der Waals surface area contributed by atoms with Crippen LogP contribution < -0.4 is 5.32 Å². The molecule has 0 saturated carbocycles. The predicted octanol–water partition coefficient (Wildman–Crippen LogP) is 2.48. The highest BCUT2D eigenvalue weighted by atomic mass is 16.1. The van der Waals surface area contributed by atoms with E-state index in [1.807, 2.05) is 6.79 Å². The van der Waals surface area contributed by atoms with Crippen molar-refractivity contribution in [3.8, 4) is 0 Å². The van der Waals surface area contributed by atoms with Gasteiger partial charge in [-0.1, -0.05) is 6.92 Å². The van der Waals surface area contributed by atoms with Crippen LogP contribution in [-0.4, -0.2) is 18.8 Å². The molecular weight excluding hydrogens is 212 g/mol. The standard InChI is InChI=1S/C13H18N2.CH2O/c1-8-6-7-10-12(8)15-11-5-3-4-9(11)13(10)14-2;1-2/h8H,3-7H2,1-2H3,(H,14,15);1H2. The quantitative estimate of drug-likeness (QED) is 0.808. The normalized spacial score (nSPS) is 20.2. The fraction of sp³-hybridized carbons (Fsp3) is 0.571. The Labute approximate surface area is 103 Å². The van der Waals surface area contributed by atoms with E-state index in [2.05, 4.69) is 19.3 Å². The molecule has 3 nitrogen and oxygen atoms in total. The van der Waals surface area contributed by atoms with Crippen molar-refractivity contribution in [2.45, 2.75) is 44.9 Å². The number of nitrogens with zero attached hydrogens (tertiary/aromatic N) is 1. The molecule has 1 N–H and O–H groups in total. The minimum atomic E-state index is 0.665. The topological polar surface area (TPSA) is 42.0 Å². The minimum absolute atomic E-state index is 0.665. The molecule has 17 heavy (non-hydrogen) atoms. The van der Waals surface area contributed by atoms with Crippen LogP contribution in [0.1, 0.15) is 48.2 Å². The number of aryl methyl sites for hydroxylation is 1. The number of hydrogen-bond acceptors (Lipinski definition) is 3. The number of carbonyl (C=O) groups is 1. The SMILES string of the molecule is C=O.CNc1c2c(nc3c1CCC3C)CCC2. The van der Waals surface area contributed by atoms with E-state index in [1.165, 1.54) is 60.3 Å². The van der Waals surface area contributed by atoms with E-state index in [0.29, 0.717) is 5.92 Å². The number of hydrogen-bond donors (Lipinski definition) is 1. The third-order valence-electron chi connectivity index (χ3n) is 3.90. The Hall–Kier alpha value is -1.38. The molecule has 3 heteroatoms. The predicted molar refractivity (Wildman–Crippen MR) is 69.7 cm³/mol. The number of aromatic nitrogens is 1. The molecule has 0 amide bonds. The van der Waals surface area contributed by atoms with Gasteiger partial charge in [-0.15, -0.1) is 0 Å². The highest BCUT2D eigenvalue weighted by Crippen LogP contribution is 2.40. The van der Waals surface area contributed by atoms with Gasteiger partial charge in [0.1, 0.15) is 6.79 Å². The molecule has 0 aromatic carbocycles. The van der Waals surface area contributed by atoms with Crippen molar-refractivity contribution in [3.05, 3.63) is 22.5 Å². The summed E-state index contributed by atoms with van der Waals surface area (Å²) < 4.78 is 0. The Morgan fingerprint density at radius 2 is 2.00 bits per heavy atom. The van der Waals surface area contributed by atoms with Crippen LogP contribution in [-0.2, 0) is 24.1 Å². The first kappa shape index (κ1) is 12.1. The maximum atomic E-state index is 8.00. The van der Waals surface area contributed by atoms with Gasteiger partial charge in [0.2, 0.25) is 0 Å². The number of carbonyl (C=O) groups excluding carboxylic acids is 1. The Bertz CT molecular complexity index is 429. The van der Waals surface area contributed by atoms with E-state index >= 15 is 0 Å². The lowest BCUT2D eigenvalue weighted by Crippen LogP contribution is -2.04. The molecule has 2 aliphatic rings. The zero-order valence-corrected chi connectivity index (χ0v) is 10.7. The molecular formula is C14H20N2O. The Balaban J connectivity index is 0.000000514. The van der Waals surface area contributed by atoms with Gasteiger partial charge in [0.15, 0.2) is 0 Å². The molecule has 3 rings (SSSR count). The molecule has 0 aliphatic heterocycles. The summed E-state index contributed by atoms with van der Waals surface area (Å²) in [5, 5.41) is 3.41. The molecule has 2 aliphatic carbocycles. The summed E-state index contributed by atoms with van der Waals surface area (Å²) in [4.78, 5) is 12.9. The number of anilines is 1. The van der Waals surface area contributed by atoms with Crippen LogP contribution in [0.3, 0.4) is 0 Å². The molecule has 1 aromatic rings. The van der Waals surface area contributed by atoms with Gasteiger partial charge < -0.3 is 10.1 Å². The highest BCUT2D eigenvalue weighted by Gasteiger charge is 2.28. The van der Waals surface area contributed by atoms with Crippen molar-refractivity contribution in [2.75, 3.05) is 12.4 Å². The summed E-state index contributed by atoms with van der Waals surface area (Å²) in [7, 11) is 2.05. The molecule has 1 atom stereocenters. The van der Waals surface area contributed by atoms with Crippen molar-refractivity contribution in [2.24, 2.45) is 0 Å². The summed E-state index contributed by atoms with van der Waals surface area (Å²) in [6.45, 7) is 4.31. The molecule has 0 fully saturated rings. The highest BCUT2D eigenvalue weighted by molar-refractivity contribution is 5.63. The Morgan fingerprint density at radius 3 is 2.71 bits per heavy atom. The zero-order chi connectivity index (χ0) is 12.4. The molecule has 0 bridgehead atoms. The second-order valence-corrected chi connectivity index (χ2v) is 4.82. The van der Waals surface area contributed by atoms with E-state index in [1.54, 1.807) is 0 Å². The monoisotopic (exact) mass is 232 g/mol. The lowest BCUT2D eigenvalue weighted by Gasteiger charge is -2.14. The molecule has 0 spiro atoms. The van der Waals surface area contributed by atoms with Crippen molar-refractivity contribution in [1.29, 1.82) is 0 Å². The van der Waals surface area contributed by atoms with Gasteiger partial charge >= 0.3 is 0 Å². The van der Waals surface area contributed by atoms with Crippen LogP contribution in [0.2, 0.25) is 0 Å². The number of rotatable bonds is 1. The van der Waals surface area contributed by atoms with Gasteiger partial charge in [-0.05, 0) is 49.1 Å². The van der Waals surface area contributed by atoms with Gasteiger partial charge in [0, 0.05) is 24.1 Å². The maximum absolute atomic E-state index is 8.00. The van der Waals surface area contributed by atoms with E-state index < -0.39 is 0 Å². The average molecular weight is 232 g/mol. The lowest BCUT2D eigenvalue weighted by molar-refractivity contribution is -0.0979. The first-order valence-electron chi connectivity index (χ1n) is 6.32. The average Bonchev–Trinajstić information content (AvgIpc) is 2.97. The van der Waals surface area contributed by atoms with E-state index in [-0.39, 0.29) is 0 Å². The minimum Gasteiger partial charge on any atom is -0.388 e.